The summed E-state index contributed by atoms with van der Waals surface area (Å²) >= 11 is 3.19. The summed E-state index contributed by atoms with van der Waals surface area (Å²) in [5, 5.41) is 1.49. The molecule has 2 bridgehead atoms. The largest absolute Gasteiger partial charge is 0.493 e. The van der Waals surface area contributed by atoms with Crippen LogP contribution in [0.15, 0.2) is 28.0 Å². The number of carbonyl (C=O) groups is 1. The molecule has 1 aromatic carbocycles. The molecule has 5 unspecified atom stereocenters. The zero-order valence-electron chi connectivity index (χ0n) is 19.5. The van der Waals surface area contributed by atoms with Crippen LogP contribution in [0.3, 0.4) is 0 Å². The molecule has 5 atom stereocenters. The highest BCUT2D eigenvalue weighted by molar-refractivity contribution is 8.00. The summed E-state index contributed by atoms with van der Waals surface area (Å²) in [6.45, 7) is 2.42. The molecule has 9 heteroatoms. The van der Waals surface area contributed by atoms with Gasteiger partial charge in [0.15, 0.2) is 11.5 Å². The number of carbonyl (C=O) groups excluding carboxylic acids is 1. The van der Waals surface area contributed by atoms with Crippen LogP contribution in [0.4, 0.5) is 0 Å². The van der Waals surface area contributed by atoms with Gasteiger partial charge in [0.05, 0.1) is 32.5 Å². The van der Waals surface area contributed by atoms with Gasteiger partial charge in [-0.25, -0.2) is 0 Å². The van der Waals surface area contributed by atoms with E-state index in [1.54, 1.807) is 18.8 Å². The fourth-order valence-corrected chi connectivity index (χ4v) is 9.71. The molecule has 2 saturated carbocycles. The Morgan fingerprint density at radius 1 is 1.12 bits per heavy atom. The van der Waals surface area contributed by atoms with Gasteiger partial charge < -0.3 is 19.1 Å². The van der Waals surface area contributed by atoms with E-state index in [0.29, 0.717) is 60.8 Å². The van der Waals surface area contributed by atoms with E-state index in [1.165, 1.54) is 36.2 Å². The van der Waals surface area contributed by atoms with Gasteiger partial charge >= 0.3 is 4.87 Å². The number of hydrogen-bond donors (Lipinski definition) is 0. The molecular formula is C25H30N2O5S2. The van der Waals surface area contributed by atoms with Crippen LogP contribution in [0, 0.1) is 17.8 Å². The van der Waals surface area contributed by atoms with Crippen LogP contribution < -0.4 is 14.3 Å². The summed E-state index contributed by atoms with van der Waals surface area (Å²) < 4.78 is 18.2. The average molecular weight is 503 g/mol. The number of benzene rings is 1. The van der Waals surface area contributed by atoms with Crippen LogP contribution in [0.5, 0.6) is 11.5 Å². The Kier molecular flexibility index (Phi) is 5.90. The second-order valence-electron chi connectivity index (χ2n) is 9.70. The Morgan fingerprint density at radius 2 is 1.88 bits per heavy atom. The molecule has 2 aromatic rings. The Bertz CT molecular complexity index is 1150. The van der Waals surface area contributed by atoms with Crippen molar-refractivity contribution in [1.82, 2.24) is 9.47 Å². The Hall–Kier alpha value is -1.97. The first-order valence-electron chi connectivity index (χ1n) is 12.1. The zero-order valence-corrected chi connectivity index (χ0v) is 21.2. The maximum absolute atomic E-state index is 13.3. The van der Waals surface area contributed by atoms with E-state index >= 15 is 0 Å². The van der Waals surface area contributed by atoms with Crippen molar-refractivity contribution in [2.75, 3.05) is 40.5 Å². The molecule has 1 saturated heterocycles. The SMILES string of the molecule is COc1ccc(C2c3sc(=O)n(CC(=O)N4CCOCC4)c3SC3C4CCC(C4)C23)cc1OC. The van der Waals surface area contributed by atoms with Crippen LogP contribution in [0.25, 0.3) is 0 Å². The van der Waals surface area contributed by atoms with Crippen LogP contribution in [-0.4, -0.2) is 61.1 Å². The molecule has 3 fully saturated rings. The average Bonchev–Trinajstić information content (AvgIpc) is 3.57. The summed E-state index contributed by atoms with van der Waals surface area (Å²) in [5.41, 5.74) is 1.18. The lowest BCUT2D eigenvalue weighted by Crippen LogP contribution is -2.43. The first-order valence-corrected chi connectivity index (χ1v) is 13.8. The molecule has 3 heterocycles. The minimum Gasteiger partial charge on any atom is -0.493 e. The zero-order chi connectivity index (χ0) is 23.4. The standard InChI is InChI=1S/C25H30N2O5S2/c1-30-17-6-5-15(12-18(17)31-2)21-20-14-3-4-16(11-14)22(20)33-24-23(21)34-25(29)27(24)13-19(28)26-7-9-32-10-8-26/h5-6,12,14,16,20-22H,3-4,7-11,13H2,1-2H3. The first kappa shape index (κ1) is 22.5. The van der Waals surface area contributed by atoms with Crippen molar-refractivity contribution in [3.63, 3.8) is 0 Å². The molecule has 2 aliphatic carbocycles. The summed E-state index contributed by atoms with van der Waals surface area (Å²) in [6, 6.07) is 6.18. The number of ether oxygens (including phenoxy) is 3. The van der Waals surface area contributed by atoms with Crippen molar-refractivity contribution in [2.24, 2.45) is 17.8 Å². The number of fused-ring (bicyclic) bond motifs is 6. The monoisotopic (exact) mass is 502 g/mol. The number of methoxy groups -OCH3 is 2. The lowest BCUT2D eigenvalue weighted by molar-refractivity contribution is -0.136. The minimum absolute atomic E-state index is 0.00401. The second kappa shape index (κ2) is 8.91. The number of rotatable bonds is 5. The summed E-state index contributed by atoms with van der Waals surface area (Å²) in [6.07, 6.45) is 3.82. The van der Waals surface area contributed by atoms with Crippen LogP contribution in [-0.2, 0) is 16.1 Å². The van der Waals surface area contributed by atoms with Crippen molar-refractivity contribution in [2.45, 2.75) is 42.0 Å². The summed E-state index contributed by atoms with van der Waals surface area (Å²) in [7, 11) is 3.31. The fraction of sp³-hybridized carbons (Fsp3) is 0.600. The highest BCUT2D eigenvalue weighted by atomic mass is 32.2. The first-order chi connectivity index (χ1) is 16.6. The van der Waals surface area contributed by atoms with E-state index in [2.05, 4.69) is 12.1 Å². The highest BCUT2D eigenvalue weighted by Gasteiger charge is 2.55. The van der Waals surface area contributed by atoms with Crippen molar-refractivity contribution < 1.29 is 19.0 Å². The van der Waals surface area contributed by atoms with Gasteiger partial charge in [-0.05, 0) is 54.7 Å². The predicted octanol–water partition coefficient (Wildman–Crippen LogP) is 3.44. The van der Waals surface area contributed by atoms with Gasteiger partial charge in [-0.15, -0.1) is 11.8 Å². The number of thioether (sulfide) groups is 1. The third kappa shape index (κ3) is 3.58. The van der Waals surface area contributed by atoms with Crippen LogP contribution in [0.2, 0.25) is 0 Å². The van der Waals surface area contributed by atoms with Gasteiger partial charge in [0, 0.05) is 29.1 Å². The number of hydrogen-bond acceptors (Lipinski definition) is 7. The third-order valence-corrected chi connectivity index (χ3v) is 10.9. The molecule has 34 heavy (non-hydrogen) atoms. The Morgan fingerprint density at radius 3 is 2.65 bits per heavy atom. The van der Waals surface area contributed by atoms with E-state index in [0.717, 1.165) is 9.90 Å². The second-order valence-corrected chi connectivity index (χ2v) is 11.9. The molecule has 4 aliphatic rings. The minimum atomic E-state index is -0.0306. The van der Waals surface area contributed by atoms with E-state index < -0.39 is 0 Å². The molecule has 0 radical (unpaired) electrons. The Balaban J connectivity index is 1.41. The number of thiazole rings is 1. The van der Waals surface area contributed by atoms with Gasteiger partial charge in [0.1, 0.15) is 6.54 Å². The lowest BCUT2D eigenvalue weighted by atomic mass is 9.75. The summed E-state index contributed by atoms with van der Waals surface area (Å²) in [4.78, 5) is 29.2. The van der Waals surface area contributed by atoms with E-state index in [-0.39, 0.29) is 23.2 Å². The molecule has 0 N–H and O–H groups in total. The van der Waals surface area contributed by atoms with Crippen molar-refractivity contribution in [1.29, 1.82) is 0 Å². The quantitative estimate of drug-likeness (QED) is 0.624. The molecule has 1 amide bonds. The molecule has 182 valence electrons. The smallest absolute Gasteiger partial charge is 0.308 e. The van der Waals surface area contributed by atoms with Gasteiger partial charge in [-0.1, -0.05) is 17.4 Å². The van der Waals surface area contributed by atoms with E-state index in [4.69, 9.17) is 14.2 Å². The van der Waals surface area contributed by atoms with Crippen LogP contribution in [0.1, 0.15) is 35.6 Å². The molecule has 1 aromatic heterocycles. The summed E-state index contributed by atoms with van der Waals surface area (Å²) in [5.74, 6) is 3.47. The van der Waals surface area contributed by atoms with Crippen molar-refractivity contribution in [3.8, 4) is 11.5 Å². The van der Waals surface area contributed by atoms with Crippen LogP contribution >= 0.6 is 23.1 Å². The maximum atomic E-state index is 13.3. The van der Waals surface area contributed by atoms with Crippen molar-refractivity contribution >= 4 is 29.0 Å². The van der Waals surface area contributed by atoms with Gasteiger partial charge in [-0.2, -0.15) is 0 Å². The topological polar surface area (TPSA) is 70.0 Å². The number of amides is 1. The number of aromatic nitrogens is 1. The van der Waals surface area contributed by atoms with Gasteiger partial charge in [0.25, 0.3) is 0 Å². The van der Waals surface area contributed by atoms with E-state index in [1.807, 2.05) is 22.7 Å². The van der Waals surface area contributed by atoms with Gasteiger partial charge in [-0.3, -0.25) is 14.2 Å². The van der Waals surface area contributed by atoms with Gasteiger partial charge in [0.2, 0.25) is 5.91 Å². The predicted molar refractivity (Wildman–Crippen MR) is 131 cm³/mol. The van der Waals surface area contributed by atoms with E-state index in [9.17, 15) is 9.59 Å². The molecule has 7 nitrogen and oxygen atoms in total. The molecule has 0 spiro atoms. The number of morpholine rings is 1. The lowest BCUT2D eigenvalue weighted by Gasteiger charge is -2.40. The highest BCUT2D eigenvalue weighted by Crippen LogP contribution is 2.64. The van der Waals surface area contributed by atoms with Crippen molar-refractivity contribution in [3.05, 3.63) is 38.3 Å². The molecule has 2 aliphatic heterocycles. The normalized spacial score (nSPS) is 29.6. The Labute approximate surface area is 207 Å². The fourth-order valence-electron chi connectivity index (χ4n) is 6.55. The molecular weight excluding hydrogens is 472 g/mol. The maximum Gasteiger partial charge on any atom is 0.308 e. The number of nitrogens with zero attached hydrogens (tertiary/aromatic N) is 2. The third-order valence-electron chi connectivity index (χ3n) is 8.11. The molecule has 6 rings (SSSR count).